The van der Waals surface area contributed by atoms with Crippen molar-refractivity contribution in [3.63, 3.8) is 0 Å². The van der Waals surface area contributed by atoms with Gasteiger partial charge in [0.25, 0.3) is 11.1 Å². The number of nitrogens with one attached hydrogen (secondary N) is 1. The second-order valence-electron chi connectivity index (χ2n) is 7.90. The van der Waals surface area contributed by atoms with Gasteiger partial charge in [0.15, 0.2) is 0 Å². The zero-order valence-electron chi connectivity index (χ0n) is 18.6. The number of anilines is 2. The molecule has 0 amide bonds. The molecule has 0 fully saturated rings. The van der Waals surface area contributed by atoms with Gasteiger partial charge in [-0.05, 0) is 43.3 Å². The summed E-state index contributed by atoms with van der Waals surface area (Å²) in [5, 5.41) is 3.36. The molecule has 1 N–H and O–H groups in total. The van der Waals surface area contributed by atoms with Crippen molar-refractivity contribution in [1.82, 2.24) is 18.7 Å². The summed E-state index contributed by atoms with van der Waals surface area (Å²) < 4.78 is 3.83. The second-order valence-corrected chi connectivity index (χ2v) is 7.90. The van der Waals surface area contributed by atoms with E-state index in [2.05, 4.69) is 10.3 Å². The Morgan fingerprint density at radius 1 is 0.794 bits per heavy atom. The highest BCUT2D eigenvalue weighted by molar-refractivity contribution is 5.91. The van der Waals surface area contributed by atoms with Crippen molar-refractivity contribution in [2.24, 2.45) is 7.05 Å². The van der Waals surface area contributed by atoms with E-state index in [9.17, 15) is 14.4 Å². The van der Waals surface area contributed by atoms with Crippen LogP contribution in [-0.2, 0) is 7.05 Å². The van der Waals surface area contributed by atoms with Gasteiger partial charge in [0, 0.05) is 18.8 Å². The average Bonchev–Trinajstić information content (AvgIpc) is 2.85. The van der Waals surface area contributed by atoms with E-state index in [0.29, 0.717) is 22.7 Å². The minimum atomic E-state index is -0.570. The third-order valence-electron chi connectivity index (χ3n) is 5.64. The Labute approximate surface area is 194 Å². The third kappa shape index (κ3) is 3.51. The lowest BCUT2D eigenvalue weighted by atomic mass is 10.2. The molecule has 5 aromatic rings. The van der Waals surface area contributed by atoms with Crippen LogP contribution >= 0.6 is 0 Å². The van der Waals surface area contributed by atoms with Crippen molar-refractivity contribution in [3.05, 3.63) is 122 Å². The zero-order chi connectivity index (χ0) is 23.8. The molecule has 8 heteroatoms. The lowest BCUT2D eigenvalue weighted by Crippen LogP contribution is -2.40. The van der Waals surface area contributed by atoms with E-state index in [-0.39, 0.29) is 16.6 Å². The molecule has 3 aromatic heterocycles. The predicted octanol–water partition coefficient (Wildman–Crippen LogP) is 3.29. The van der Waals surface area contributed by atoms with E-state index in [1.54, 1.807) is 61.8 Å². The van der Waals surface area contributed by atoms with Crippen molar-refractivity contribution >= 4 is 22.4 Å². The van der Waals surface area contributed by atoms with Gasteiger partial charge >= 0.3 is 5.69 Å². The summed E-state index contributed by atoms with van der Waals surface area (Å²) in [5.41, 5.74) is 1.44. The van der Waals surface area contributed by atoms with Crippen molar-refractivity contribution in [3.8, 4) is 11.4 Å². The summed E-state index contributed by atoms with van der Waals surface area (Å²) in [5.74, 6) is 0. The van der Waals surface area contributed by atoms with E-state index < -0.39 is 11.2 Å². The van der Waals surface area contributed by atoms with Crippen LogP contribution in [0.5, 0.6) is 0 Å². The van der Waals surface area contributed by atoms with Gasteiger partial charge in [-0.25, -0.2) is 13.9 Å². The summed E-state index contributed by atoms with van der Waals surface area (Å²) >= 11 is 0. The highest BCUT2D eigenvalue weighted by Gasteiger charge is 2.21. The van der Waals surface area contributed by atoms with Gasteiger partial charge in [0.05, 0.1) is 28.9 Å². The molecule has 0 aliphatic heterocycles. The van der Waals surface area contributed by atoms with Gasteiger partial charge in [-0.2, -0.15) is 0 Å². The topological polar surface area (TPSA) is 90.9 Å². The highest BCUT2D eigenvalue weighted by Crippen LogP contribution is 2.23. The molecule has 34 heavy (non-hydrogen) atoms. The summed E-state index contributed by atoms with van der Waals surface area (Å²) in [4.78, 5) is 44.8. The maximum atomic E-state index is 13.8. The molecule has 0 radical (unpaired) electrons. The largest absolute Gasteiger partial charge is 0.353 e. The Bertz CT molecular complexity index is 1680. The Kier molecular flexibility index (Phi) is 5.18. The van der Waals surface area contributed by atoms with E-state index in [1.165, 1.54) is 15.2 Å². The maximum absolute atomic E-state index is 13.8. The molecular formula is C26H21N5O3. The SMILES string of the molecule is Cc1ccc(Nc2cc(=O)n(C)c3c2c(=O)n(-c2ccccc2)c(=O)n3-c2ccccc2)cn1. The van der Waals surface area contributed by atoms with Crippen molar-refractivity contribution in [2.45, 2.75) is 6.92 Å². The first-order valence-electron chi connectivity index (χ1n) is 10.7. The number of rotatable bonds is 4. The standard InChI is InChI=1S/C26H21N5O3/c1-17-13-14-18(16-27-17)28-21-15-22(32)29(2)24-23(21)25(33)31(20-11-7-4-8-12-20)26(34)30(24)19-9-5-3-6-10-19/h3-16,28H,1-2H3. The van der Waals surface area contributed by atoms with Crippen LogP contribution in [0.4, 0.5) is 11.4 Å². The first-order valence-corrected chi connectivity index (χ1v) is 10.7. The first kappa shape index (κ1) is 21.1. The van der Waals surface area contributed by atoms with Crippen molar-refractivity contribution in [2.75, 3.05) is 5.32 Å². The molecule has 5 rings (SSSR count). The Hall–Kier alpha value is -4.72. The third-order valence-corrected chi connectivity index (χ3v) is 5.64. The van der Waals surface area contributed by atoms with Gasteiger partial charge in [0.2, 0.25) is 0 Å². The minimum absolute atomic E-state index is 0.198. The first-order chi connectivity index (χ1) is 16.5. The number of hydrogen-bond acceptors (Lipinski definition) is 5. The Balaban J connectivity index is 1.95. The van der Waals surface area contributed by atoms with Crippen LogP contribution in [-0.4, -0.2) is 18.7 Å². The fourth-order valence-electron chi connectivity index (χ4n) is 3.96. The second kappa shape index (κ2) is 8.32. The summed E-state index contributed by atoms with van der Waals surface area (Å²) in [6.07, 6.45) is 1.63. The minimum Gasteiger partial charge on any atom is -0.353 e. The number of aryl methyl sites for hydroxylation is 2. The Morgan fingerprint density at radius 3 is 2.00 bits per heavy atom. The smallest absolute Gasteiger partial charge is 0.341 e. The van der Waals surface area contributed by atoms with Crippen LogP contribution in [0.1, 0.15) is 5.69 Å². The van der Waals surface area contributed by atoms with E-state index in [0.717, 1.165) is 10.3 Å². The van der Waals surface area contributed by atoms with Gasteiger partial charge in [-0.15, -0.1) is 0 Å². The summed E-state index contributed by atoms with van der Waals surface area (Å²) in [6, 6.07) is 22.7. The molecule has 0 unspecified atom stereocenters. The molecule has 0 saturated carbocycles. The van der Waals surface area contributed by atoms with Gasteiger partial charge in [-0.1, -0.05) is 36.4 Å². The lowest BCUT2D eigenvalue weighted by molar-refractivity contribution is 0.784. The van der Waals surface area contributed by atoms with Gasteiger partial charge in [0.1, 0.15) is 11.0 Å². The summed E-state index contributed by atoms with van der Waals surface area (Å²) in [6.45, 7) is 1.87. The van der Waals surface area contributed by atoms with E-state index in [4.69, 9.17) is 0 Å². The molecule has 168 valence electrons. The molecule has 0 aliphatic carbocycles. The number of pyridine rings is 2. The van der Waals surface area contributed by atoms with Crippen LogP contribution in [0, 0.1) is 6.92 Å². The zero-order valence-corrected chi connectivity index (χ0v) is 18.6. The normalized spacial score (nSPS) is 11.0. The Morgan fingerprint density at radius 2 is 1.41 bits per heavy atom. The lowest BCUT2D eigenvalue weighted by Gasteiger charge is -2.19. The van der Waals surface area contributed by atoms with Gasteiger partial charge in [-0.3, -0.25) is 19.1 Å². The molecule has 0 saturated heterocycles. The van der Waals surface area contributed by atoms with Crippen LogP contribution in [0.15, 0.2) is 99.4 Å². The molecular weight excluding hydrogens is 430 g/mol. The van der Waals surface area contributed by atoms with Crippen LogP contribution in [0.25, 0.3) is 22.4 Å². The monoisotopic (exact) mass is 451 g/mol. The average molecular weight is 451 g/mol. The molecule has 0 aliphatic rings. The summed E-state index contributed by atoms with van der Waals surface area (Å²) in [7, 11) is 1.55. The van der Waals surface area contributed by atoms with Gasteiger partial charge < -0.3 is 5.32 Å². The van der Waals surface area contributed by atoms with E-state index in [1.807, 2.05) is 31.2 Å². The van der Waals surface area contributed by atoms with Crippen LogP contribution in [0.3, 0.4) is 0 Å². The molecule has 0 bridgehead atoms. The van der Waals surface area contributed by atoms with Crippen LogP contribution in [0.2, 0.25) is 0 Å². The number of nitrogens with zero attached hydrogens (tertiary/aromatic N) is 4. The maximum Gasteiger partial charge on any atom is 0.341 e. The fraction of sp³-hybridized carbons (Fsp3) is 0.0769. The number of hydrogen-bond donors (Lipinski definition) is 1. The molecule has 2 aromatic carbocycles. The number of fused-ring (bicyclic) bond motifs is 1. The van der Waals surface area contributed by atoms with Crippen LogP contribution < -0.4 is 22.1 Å². The number of aromatic nitrogens is 4. The van der Waals surface area contributed by atoms with Crippen molar-refractivity contribution < 1.29 is 0 Å². The molecule has 3 heterocycles. The quantitative estimate of drug-likeness (QED) is 0.453. The highest BCUT2D eigenvalue weighted by atomic mass is 16.2. The van der Waals surface area contributed by atoms with E-state index >= 15 is 0 Å². The molecule has 0 spiro atoms. The van der Waals surface area contributed by atoms with Crippen molar-refractivity contribution in [1.29, 1.82) is 0 Å². The number of benzene rings is 2. The predicted molar refractivity (Wildman–Crippen MR) is 133 cm³/mol. The number of para-hydroxylation sites is 2. The fourth-order valence-corrected chi connectivity index (χ4v) is 3.96. The molecule has 0 atom stereocenters. The molecule has 8 nitrogen and oxygen atoms in total.